The largest absolute Gasteiger partial charge is 0.484 e. The molecule has 1 saturated heterocycles. The van der Waals surface area contributed by atoms with E-state index in [-0.39, 0.29) is 78.2 Å². The van der Waals surface area contributed by atoms with Crippen LogP contribution in [0.15, 0.2) is 90.6 Å². The van der Waals surface area contributed by atoms with Crippen LogP contribution < -0.4 is 31.1 Å². The van der Waals surface area contributed by atoms with E-state index in [4.69, 9.17) is 15.2 Å². The molecule has 0 spiro atoms. The van der Waals surface area contributed by atoms with Gasteiger partial charge in [-0.15, -0.1) is 11.3 Å². The minimum atomic E-state index is -3.74. The van der Waals surface area contributed by atoms with Gasteiger partial charge in [-0.05, 0) is 79.3 Å². The maximum atomic E-state index is 14.1. The van der Waals surface area contributed by atoms with Crippen molar-refractivity contribution < 1.29 is 51.4 Å². The highest BCUT2D eigenvalue weighted by atomic mass is 32.2. The summed E-state index contributed by atoms with van der Waals surface area (Å²) in [6.45, 7) is 10.1. The molecule has 4 amide bonds. The third-order valence-corrected chi connectivity index (χ3v) is 14.4. The lowest BCUT2D eigenvalue weighted by atomic mass is 9.85. The Morgan fingerprint density at radius 1 is 1.00 bits per heavy atom. The molecule has 1 aliphatic heterocycles. The topological polar surface area (TPSA) is 290 Å². The van der Waals surface area contributed by atoms with Gasteiger partial charge in [0.25, 0.3) is 5.91 Å². The Balaban J connectivity index is 0.942. The zero-order valence-corrected chi connectivity index (χ0v) is 43.0. The van der Waals surface area contributed by atoms with Crippen molar-refractivity contribution in [2.75, 3.05) is 28.9 Å². The molecule has 0 aliphatic carbocycles. The highest BCUT2D eigenvalue weighted by Gasteiger charge is 2.44. The van der Waals surface area contributed by atoms with Gasteiger partial charge in [-0.2, -0.15) is 5.10 Å². The number of esters is 1. The number of benzene rings is 3. The van der Waals surface area contributed by atoms with Gasteiger partial charge in [0, 0.05) is 31.3 Å². The van der Waals surface area contributed by atoms with Crippen molar-refractivity contribution in [1.82, 2.24) is 35.7 Å². The van der Waals surface area contributed by atoms with Crippen molar-refractivity contribution in [2.45, 2.75) is 85.2 Å². The number of hydrogen-bond donors (Lipinski definition) is 7. The van der Waals surface area contributed by atoms with E-state index < -0.39 is 75.1 Å². The molecule has 74 heavy (non-hydrogen) atoms. The number of aliphatic hydroxyl groups excluding tert-OH is 1. The average molecular weight is 1050 g/mol. The number of aromatic nitrogens is 4. The number of primary amides is 1. The third kappa shape index (κ3) is 13.3. The van der Waals surface area contributed by atoms with Gasteiger partial charge in [0.05, 0.1) is 51.3 Å². The van der Waals surface area contributed by atoms with Gasteiger partial charge < -0.3 is 41.2 Å². The van der Waals surface area contributed by atoms with E-state index in [0.717, 1.165) is 21.7 Å². The molecule has 3 aromatic heterocycles. The van der Waals surface area contributed by atoms with Crippen molar-refractivity contribution in [1.29, 1.82) is 0 Å². The average Bonchev–Trinajstić information content (AvgIpc) is 4.11. The number of H-pyrrole nitrogens is 1. The quantitative estimate of drug-likeness (QED) is 0.0423. The molecular weight excluding hydrogens is 996 g/mol. The summed E-state index contributed by atoms with van der Waals surface area (Å²) >= 11 is 1.54. The van der Waals surface area contributed by atoms with Crippen molar-refractivity contribution in [3.63, 3.8) is 0 Å². The van der Waals surface area contributed by atoms with Crippen LogP contribution in [0.4, 0.5) is 21.7 Å². The van der Waals surface area contributed by atoms with Crippen LogP contribution in [0.25, 0.3) is 21.7 Å². The van der Waals surface area contributed by atoms with Crippen molar-refractivity contribution in [3.05, 3.63) is 124 Å². The molecule has 8 N–H and O–H groups in total. The third-order valence-electron chi connectivity index (χ3n) is 12.1. The SMILES string of the molecule is CCS(=O)(=O)Nc1ccc(-c2[nH]nc(Nc3ccc(C(=O)OCCC(=O)N[C@H](C(=O)N4C[C@H](O)C[C@H]4C(=O)NCc4ccc(-c5scnc5C)cc4)C(C)(C)C)cn3)c2C(N)=O)cc1O[C@@H](C)c1ccc(F)cc1. The molecule has 0 radical (unpaired) electrons. The Morgan fingerprint density at radius 3 is 2.35 bits per heavy atom. The Bertz CT molecular complexity index is 3120. The number of thiazole rings is 1. The van der Waals surface area contributed by atoms with Gasteiger partial charge in [-0.3, -0.25) is 29.0 Å². The first-order chi connectivity index (χ1) is 35.1. The Kier molecular flexibility index (Phi) is 16.8. The molecule has 0 bridgehead atoms. The number of amides is 4. The van der Waals surface area contributed by atoms with Crippen molar-refractivity contribution in [2.24, 2.45) is 11.1 Å². The molecule has 23 heteroatoms. The molecule has 3 aromatic carbocycles. The van der Waals surface area contributed by atoms with Crippen molar-refractivity contribution >= 4 is 68.3 Å². The summed E-state index contributed by atoms with van der Waals surface area (Å²) < 4.78 is 52.8. The molecule has 1 fully saturated rings. The van der Waals surface area contributed by atoms with Gasteiger partial charge in [-0.1, -0.05) is 63.2 Å². The van der Waals surface area contributed by atoms with Gasteiger partial charge in [0.1, 0.15) is 47.7 Å². The first-order valence-corrected chi connectivity index (χ1v) is 26.0. The predicted molar refractivity (Wildman–Crippen MR) is 275 cm³/mol. The summed E-state index contributed by atoms with van der Waals surface area (Å²) in [5.74, 6) is -3.69. The Hall–Kier alpha value is -7.76. The van der Waals surface area contributed by atoms with E-state index in [1.165, 1.54) is 72.6 Å². The van der Waals surface area contributed by atoms with E-state index in [1.807, 2.05) is 31.2 Å². The van der Waals surface area contributed by atoms with Crippen LogP contribution in [-0.2, 0) is 35.7 Å². The molecule has 20 nitrogen and oxygen atoms in total. The zero-order chi connectivity index (χ0) is 53.5. The highest BCUT2D eigenvalue weighted by Crippen LogP contribution is 2.37. The van der Waals surface area contributed by atoms with E-state index in [1.54, 1.807) is 44.5 Å². The van der Waals surface area contributed by atoms with Crippen molar-refractivity contribution in [3.8, 4) is 27.4 Å². The zero-order valence-electron chi connectivity index (χ0n) is 41.4. The Labute approximate surface area is 430 Å². The number of pyridine rings is 1. The maximum absolute atomic E-state index is 14.1. The van der Waals surface area contributed by atoms with E-state index in [0.29, 0.717) is 11.1 Å². The van der Waals surface area contributed by atoms with E-state index in [2.05, 4.69) is 40.8 Å². The van der Waals surface area contributed by atoms with Crippen LogP contribution in [0, 0.1) is 18.2 Å². The number of ether oxygens (including phenoxy) is 2. The smallest absolute Gasteiger partial charge is 0.339 e. The fraction of sp³-hybridized carbons (Fsp3) is 0.333. The fourth-order valence-corrected chi connectivity index (χ4v) is 9.48. The second-order valence-electron chi connectivity index (χ2n) is 18.6. The van der Waals surface area contributed by atoms with Crippen LogP contribution >= 0.6 is 11.3 Å². The van der Waals surface area contributed by atoms with Crippen LogP contribution in [0.1, 0.15) is 91.1 Å². The second kappa shape index (κ2) is 23.0. The molecule has 4 atom stereocenters. The highest BCUT2D eigenvalue weighted by molar-refractivity contribution is 7.92. The van der Waals surface area contributed by atoms with E-state index in [9.17, 15) is 41.9 Å². The van der Waals surface area contributed by atoms with Crippen LogP contribution in [-0.4, -0.2) is 105 Å². The predicted octanol–water partition coefficient (Wildman–Crippen LogP) is 6.14. The molecule has 4 heterocycles. The first-order valence-electron chi connectivity index (χ1n) is 23.5. The normalized spacial score (nSPS) is 15.4. The van der Waals surface area contributed by atoms with Crippen LogP contribution in [0.2, 0.25) is 0 Å². The van der Waals surface area contributed by atoms with E-state index >= 15 is 0 Å². The van der Waals surface area contributed by atoms with Gasteiger partial charge in [0.15, 0.2) is 5.82 Å². The lowest BCUT2D eigenvalue weighted by Crippen LogP contribution is -2.57. The summed E-state index contributed by atoms with van der Waals surface area (Å²) in [5.41, 5.74) is 10.8. The number of aliphatic hydroxyl groups is 1. The number of β-amino-alcohol motifs (C(OH)–C–C–N with tert-alkyl or cyclic N) is 1. The number of rotatable bonds is 20. The van der Waals surface area contributed by atoms with Gasteiger partial charge in [-0.25, -0.2) is 27.6 Å². The number of halogens is 1. The number of nitrogens with zero attached hydrogens (tertiary/aromatic N) is 4. The molecule has 6 aromatic rings. The summed E-state index contributed by atoms with van der Waals surface area (Å²) in [6.07, 6.45) is -0.683. The standard InChI is InChI=1S/C51H57FN10O10S2/c1-7-74(69,70)61-37-18-14-33(22-39(37)72-29(3)31-12-16-35(52)17-13-31)43-42(46(53)65)47(60-59-43)57-40-19-15-34(25-54-40)50(68)71-21-20-41(64)58-45(51(4,5)6)49(67)62-26-36(63)23-38(62)48(66)55-24-30-8-10-32(11-9-30)44-28(2)56-27-73-44/h8-19,22,25,27,29,36,38,45,61,63H,7,20-21,23-24,26H2,1-6H3,(H2,53,65)(H,55,66)(H,58,64)(H2,54,57,59,60)/t29-,36+,38-,45+/m0/s1. The first kappa shape index (κ1) is 54.0. The number of nitrogens with two attached hydrogens (primary N) is 1. The second-order valence-corrected chi connectivity index (χ2v) is 21.5. The van der Waals surface area contributed by atoms with Crippen LogP contribution in [0.3, 0.4) is 0 Å². The number of aromatic amines is 1. The monoisotopic (exact) mass is 1050 g/mol. The molecule has 7 rings (SSSR count). The molecule has 0 unspecified atom stereocenters. The lowest BCUT2D eigenvalue weighted by molar-refractivity contribution is -0.144. The number of carbonyl (C=O) groups excluding carboxylic acids is 5. The van der Waals surface area contributed by atoms with Crippen LogP contribution in [0.5, 0.6) is 5.75 Å². The number of sulfonamides is 1. The number of likely N-dealkylation sites (tertiary alicyclic amines) is 1. The lowest BCUT2D eigenvalue weighted by Gasteiger charge is -2.35. The fourth-order valence-electron chi connectivity index (χ4n) is 8.02. The summed E-state index contributed by atoms with van der Waals surface area (Å²) in [4.78, 5) is 77.7. The molecule has 390 valence electrons. The van der Waals surface area contributed by atoms with Gasteiger partial charge >= 0.3 is 5.97 Å². The Morgan fingerprint density at radius 2 is 1.72 bits per heavy atom. The summed E-state index contributed by atoms with van der Waals surface area (Å²) in [5, 5.41) is 26.1. The number of aryl methyl sites for hydroxylation is 1. The number of carbonyl (C=O) groups is 5. The molecular formula is C51H57FN10O10S2. The minimum Gasteiger partial charge on any atom is -0.484 e. The molecule has 1 aliphatic rings. The number of anilines is 3. The number of hydrogen-bond acceptors (Lipinski definition) is 15. The minimum absolute atomic E-state index is 0.0220. The van der Waals surface area contributed by atoms with Gasteiger partial charge in [0.2, 0.25) is 27.7 Å². The maximum Gasteiger partial charge on any atom is 0.339 e. The molecule has 0 saturated carbocycles. The summed E-state index contributed by atoms with van der Waals surface area (Å²) in [7, 11) is -3.74. The summed E-state index contributed by atoms with van der Waals surface area (Å²) in [6, 6.07) is 18.6. The number of nitrogens with one attached hydrogen (secondary N) is 5.